The Bertz CT molecular complexity index is 485. The van der Waals surface area contributed by atoms with Crippen LogP contribution in [0.15, 0.2) is 43.1 Å². The van der Waals surface area contributed by atoms with Crippen LogP contribution in [0, 0.1) is 6.92 Å². The van der Waals surface area contributed by atoms with Crippen LogP contribution in [0.1, 0.15) is 5.82 Å². The molecule has 20 heavy (non-hydrogen) atoms. The number of thioether (sulfide) groups is 1. The molecule has 1 aromatic heterocycles. The molecule has 0 aromatic carbocycles. The van der Waals surface area contributed by atoms with Crippen molar-refractivity contribution in [3.8, 4) is 0 Å². The first-order chi connectivity index (χ1) is 9.63. The maximum absolute atomic E-state index is 12.1. The van der Waals surface area contributed by atoms with Crippen LogP contribution in [0.25, 0.3) is 0 Å². The normalized spacial score (nSPS) is 10.1. The Morgan fingerprint density at radius 2 is 1.90 bits per heavy atom. The summed E-state index contributed by atoms with van der Waals surface area (Å²) < 4.78 is 1.93. The first-order valence-electron chi connectivity index (χ1n) is 6.27. The van der Waals surface area contributed by atoms with Crippen LogP contribution >= 0.6 is 11.8 Å². The minimum Gasteiger partial charge on any atom is -0.335 e. The molecule has 1 rings (SSSR count). The van der Waals surface area contributed by atoms with Gasteiger partial charge in [-0.1, -0.05) is 30.0 Å². The van der Waals surface area contributed by atoms with E-state index in [1.807, 2.05) is 11.5 Å². The molecule has 1 aromatic rings. The minimum absolute atomic E-state index is 0.0283. The fourth-order valence-corrected chi connectivity index (χ4v) is 2.51. The van der Waals surface area contributed by atoms with Gasteiger partial charge in [-0.15, -0.1) is 29.9 Å². The fraction of sp³-hybridized carbons (Fsp3) is 0.357. The number of hydrogen-bond acceptors (Lipinski definition) is 4. The number of carbonyl (C=O) groups is 1. The third kappa shape index (κ3) is 4.38. The number of aromatic nitrogens is 3. The summed E-state index contributed by atoms with van der Waals surface area (Å²) in [5.41, 5.74) is 0. The third-order valence-electron chi connectivity index (χ3n) is 2.59. The van der Waals surface area contributed by atoms with Gasteiger partial charge in [-0.2, -0.15) is 0 Å². The van der Waals surface area contributed by atoms with Crippen LogP contribution in [-0.2, 0) is 11.3 Å². The van der Waals surface area contributed by atoms with Gasteiger partial charge in [0.05, 0.1) is 5.75 Å². The Morgan fingerprint density at radius 3 is 2.45 bits per heavy atom. The average molecular weight is 292 g/mol. The van der Waals surface area contributed by atoms with Crippen LogP contribution in [0.3, 0.4) is 0 Å². The zero-order valence-electron chi connectivity index (χ0n) is 11.8. The number of amides is 1. The van der Waals surface area contributed by atoms with Crippen LogP contribution in [0.4, 0.5) is 0 Å². The summed E-state index contributed by atoms with van der Waals surface area (Å²) in [5.74, 6) is 1.16. The van der Waals surface area contributed by atoms with E-state index < -0.39 is 0 Å². The second-order valence-corrected chi connectivity index (χ2v) is 5.04. The van der Waals surface area contributed by atoms with E-state index in [9.17, 15) is 4.79 Å². The standard InChI is InChI=1S/C14H20N4OS/c1-5-8-17(9-6-2)13(19)11-20-14-16-15-12(4)18(14)10-7-3/h5-7H,1-3,8-11H2,4H3. The second-order valence-electron chi connectivity index (χ2n) is 4.09. The highest BCUT2D eigenvalue weighted by Gasteiger charge is 2.14. The molecule has 0 unspecified atom stereocenters. The number of allylic oxidation sites excluding steroid dienone is 1. The van der Waals surface area contributed by atoms with Crippen LogP contribution in [0.2, 0.25) is 0 Å². The smallest absolute Gasteiger partial charge is 0.233 e. The van der Waals surface area contributed by atoms with Crippen molar-refractivity contribution in [2.45, 2.75) is 18.6 Å². The van der Waals surface area contributed by atoms with Gasteiger partial charge in [0.15, 0.2) is 5.16 Å². The highest BCUT2D eigenvalue weighted by molar-refractivity contribution is 7.99. The molecule has 5 nitrogen and oxygen atoms in total. The third-order valence-corrected chi connectivity index (χ3v) is 3.54. The van der Waals surface area contributed by atoms with Crippen LogP contribution in [-0.4, -0.2) is 44.4 Å². The van der Waals surface area contributed by atoms with E-state index in [2.05, 4.69) is 29.9 Å². The van der Waals surface area contributed by atoms with Gasteiger partial charge in [-0.25, -0.2) is 0 Å². The molecule has 0 aliphatic heterocycles. The van der Waals surface area contributed by atoms with Gasteiger partial charge < -0.3 is 9.47 Å². The molecule has 108 valence electrons. The van der Waals surface area contributed by atoms with Crippen molar-refractivity contribution in [1.29, 1.82) is 0 Å². The number of rotatable bonds is 9. The van der Waals surface area contributed by atoms with E-state index in [0.29, 0.717) is 25.4 Å². The van der Waals surface area contributed by atoms with Gasteiger partial charge >= 0.3 is 0 Å². The Morgan fingerprint density at radius 1 is 1.25 bits per heavy atom. The van der Waals surface area contributed by atoms with E-state index in [1.54, 1.807) is 23.1 Å². The Hall–Kier alpha value is -1.82. The summed E-state index contributed by atoms with van der Waals surface area (Å²) in [6.45, 7) is 14.6. The fourth-order valence-electron chi connectivity index (χ4n) is 1.62. The molecule has 0 atom stereocenters. The summed E-state index contributed by atoms with van der Waals surface area (Å²) in [5, 5.41) is 8.82. The topological polar surface area (TPSA) is 51.0 Å². The largest absolute Gasteiger partial charge is 0.335 e. The van der Waals surface area contributed by atoms with Gasteiger partial charge in [0.1, 0.15) is 5.82 Å². The van der Waals surface area contributed by atoms with E-state index in [1.165, 1.54) is 11.8 Å². The van der Waals surface area contributed by atoms with Crippen molar-refractivity contribution in [3.05, 3.63) is 43.8 Å². The molecule has 0 aliphatic rings. The quantitative estimate of drug-likeness (QED) is 0.516. The molecular formula is C14H20N4OS. The van der Waals surface area contributed by atoms with Crippen LogP contribution in [0.5, 0.6) is 0 Å². The SMILES string of the molecule is C=CCN(CC=C)C(=O)CSc1nnc(C)n1CC=C. The summed E-state index contributed by atoms with van der Waals surface area (Å²) in [4.78, 5) is 13.8. The van der Waals surface area contributed by atoms with Crippen LogP contribution < -0.4 is 0 Å². The molecule has 0 bridgehead atoms. The summed E-state index contributed by atoms with van der Waals surface area (Å²) in [6, 6.07) is 0. The molecule has 0 fully saturated rings. The first-order valence-corrected chi connectivity index (χ1v) is 7.25. The van der Waals surface area contributed by atoms with Crippen molar-refractivity contribution in [1.82, 2.24) is 19.7 Å². The zero-order chi connectivity index (χ0) is 15.0. The van der Waals surface area contributed by atoms with E-state index in [-0.39, 0.29) is 5.91 Å². The highest BCUT2D eigenvalue weighted by Crippen LogP contribution is 2.17. The molecule has 0 radical (unpaired) electrons. The minimum atomic E-state index is 0.0283. The van der Waals surface area contributed by atoms with E-state index in [0.717, 1.165) is 11.0 Å². The lowest BCUT2D eigenvalue weighted by Gasteiger charge is -2.18. The van der Waals surface area contributed by atoms with Gasteiger partial charge in [-0.3, -0.25) is 4.79 Å². The lowest BCUT2D eigenvalue weighted by Crippen LogP contribution is -2.32. The summed E-state index contributed by atoms with van der Waals surface area (Å²) >= 11 is 1.38. The molecule has 0 spiro atoms. The molecule has 1 amide bonds. The molecule has 0 N–H and O–H groups in total. The molecule has 1 heterocycles. The Labute approximate surface area is 124 Å². The maximum atomic E-state index is 12.1. The van der Waals surface area contributed by atoms with Crippen molar-refractivity contribution in [2.24, 2.45) is 0 Å². The van der Waals surface area contributed by atoms with E-state index >= 15 is 0 Å². The van der Waals surface area contributed by atoms with Gasteiger partial charge in [0, 0.05) is 19.6 Å². The van der Waals surface area contributed by atoms with Crippen molar-refractivity contribution in [2.75, 3.05) is 18.8 Å². The summed E-state index contributed by atoms with van der Waals surface area (Å²) in [6.07, 6.45) is 5.19. The number of carbonyl (C=O) groups excluding carboxylic acids is 1. The van der Waals surface area contributed by atoms with Gasteiger partial charge in [0.25, 0.3) is 0 Å². The number of hydrogen-bond donors (Lipinski definition) is 0. The second kappa shape index (κ2) is 8.37. The molecular weight excluding hydrogens is 272 g/mol. The van der Waals surface area contributed by atoms with Crippen molar-refractivity contribution in [3.63, 3.8) is 0 Å². The number of aryl methyl sites for hydroxylation is 1. The van der Waals surface area contributed by atoms with Gasteiger partial charge in [-0.05, 0) is 6.92 Å². The number of nitrogens with zero attached hydrogens (tertiary/aromatic N) is 4. The highest BCUT2D eigenvalue weighted by atomic mass is 32.2. The average Bonchev–Trinajstić information content (AvgIpc) is 2.78. The van der Waals surface area contributed by atoms with Gasteiger partial charge in [0.2, 0.25) is 5.91 Å². The first kappa shape index (κ1) is 16.2. The maximum Gasteiger partial charge on any atom is 0.233 e. The Balaban J connectivity index is 2.65. The predicted molar refractivity (Wildman–Crippen MR) is 82.7 cm³/mol. The zero-order valence-corrected chi connectivity index (χ0v) is 12.6. The summed E-state index contributed by atoms with van der Waals surface area (Å²) in [7, 11) is 0. The monoisotopic (exact) mass is 292 g/mol. The molecule has 6 heteroatoms. The predicted octanol–water partition coefficient (Wildman–Crippen LogP) is 2.07. The molecule has 0 saturated carbocycles. The molecule has 0 aliphatic carbocycles. The lowest BCUT2D eigenvalue weighted by atomic mass is 10.4. The van der Waals surface area contributed by atoms with Crippen molar-refractivity contribution < 1.29 is 4.79 Å². The van der Waals surface area contributed by atoms with Crippen molar-refractivity contribution >= 4 is 17.7 Å². The lowest BCUT2D eigenvalue weighted by molar-refractivity contribution is -0.127. The Kier molecular flexibility index (Phi) is 6.79. The molecule has 0 saturated heterocycles. The van der Waals surface area contributed by atoms with E-state index in [4.69, 9.17) is 0 Å².